The van der Waals surface area contributed by atoms with Gasteiger partial charge in [-0.25, -0.2) is 9.67 Å². The third-order valence-electron chi connectivity index (χ3n) is 5.43. The van der Waals surface area contributed by atoms with Gasteiger partial charge >= 0.3 is 0 Å². The third-order valence-corrected chi connectivity index (χ3v) is 6.60. The number of hydrogen-bond donors (Lipinski definition) is 1. The first-order valence-corrected chi connectivity index (χ1v) is 11.4. The van der Waals surface area contributed by atoms with Crippen LogP contribution in [0.25, 0.3) is 10.6 Å². The van der Waals surface area contributed by atoms with Crippen molar-refractivity contribution in [1.82, 2.24) is 20.2 Å². The highest BCUT2D eigenvalue weighted by molar-refractivity contribution is 7.17. The van der Waals surface area contributed by atoms with E-state index in [1.54, 1.807) is 14.0 Å². The molecule has 2 heterocycles. The maximum Gasteiger partial charge on any atom is 0.281 e. The summed E-state index contributed by atoms with van der Waals surface area (Å²) in [5, 5.41) is 6.57. The molecule has 2 aromatic heterocycles. The molecule has 0 bridgehead atoms. The number of hydrogen-bond acceptors (Lipinski definition) is 6. The Bertz CT molecular complexity index is 1350. The zero-order valence-corrected chi connectivity index (χ0v) is 19.8. The van der Waals surface area contributed by atoms with Crippen molar-refractivity contribution in [2.75, 3.05) is 5.01 Å². The minimum absolute atomic E-state index is 0.228. The highest BCUT2D eigenvalue weighted by atomic mass is 32.1. The molecule has 1 N–H and O–H groups in total. The van der Waals surface area contributed by atoms with E-state index in [0.717, 1.165) is 22.5 Å². The summed E-state index contributed by atoms with van der Waals surface area (Å²) in [5.74, 6) is -0.267. The molecule has 8 heteroatoms. The minimum atomic E-state index is -0.267. The van der Waals surface area contributed by atoms with E-state index in [0.29, 0.717) is 27.7 Å². The zero-order valence-electron chi connectivity index (χ0n) is 19.0. The summed E-state index contributed by atoms with van der Waals surface area (Å²) in [6.45, 7) is 6.00. The minimum Gasteiger partial charge on any atom is -0.281 e. The van der Waals surface area contributed by atoms with Crippen LogP contribution < -0.4 is 16.0 Å². The summed E-state index contributed by atoms with van der Waals surface area (Å²) in [5.41, 5.74) is 7.32. The van der Waals surface area contributed by atoms with Crippen LogP contribution in [0.15, 0.2) is 65.5 Å². The Labute approximate surface area is 196 Å². The molecule has 0 fully saturated rings. The normalized spacial score (nSPS) is 10.8. The number of carbonyl (C=O) groups excluding carboxylic acids is 1. The average molecular weight is 460 g/mol. The molecule has 4 rings (SSSR count). The van der Waals surface area contributed by atoms with Crippen molar-refractivity contribution in [3.63, 3.8) is 0 Å². The van der Waals surface area contributed by atoms with Gasteiger partial charge in [0.05, 0.1) is 29.2 Å². The van der Waals surface area contributed by atoms with Crippen LogP contribution in [-0.2, 0) is 13.6 Å². The summed E-state index contributed by atoms with van der Waals surface area (Å²) < 4.78 is 1.31. The topological polar surface area (TPSA) is 80.1 Å². The second-order valence-corrected chi connectivity index (χ2v) is 8.80. The SMILES string of the molecule is Cc1nc(-c2c(C)c(C)nn(C)c2=O)sc1C(=O)NN(Cc1ccccc1)c1ccccc1. The lowest BCUT2D eigenvalue weighted by atomic mass is 10.1. The van der Waals surface area contributed by atoms with Gasteiger partial charge in [-0.1, -0.05) is 48.5 Å². The number of carbonyl (C=O) groups is 1. The molecule has 0 unspecified atom stereocenters. The Morgan fingerprint density at radius 2 is 1.64 bits per heavy atom. The van der Waals surface area contributed by atoms with Crippen LogP contribution in [0, 0.1) is 20.8 Å². The highest BCUT2D eigenvalue weighted by Crippen LogP contribution is 2.29. The predicted molar refractivity (Wildman–Crippen MR) is 131 cm³/mol. The van der Waals surface area contributed by atoms with Gasteiger partial charge in [-0.15, -0.1) is 11.3 Å². The highest BCUT2D eigenvalue weighted by Gasteiger charge is 2.22. The van der Waals surface area contributed by atoms with E-state index in [1.165, 1.54) is 16.0 Å². The van der Waals surface area contributed by atoms with Crippen LogP contribution in [0.5, 0.6) is 0 Å². The van der Waals surface area contributed by atoms with Crippen LogP contribution >= 0.6 is 11.3 Å². The van der Waals surface area contributed by atoms with Crippen molar-refractivity contribution in [2.24, 2.45) is 7.05 Å². The molecule has 0 aliphatic carbocycles. The van der Waals surface area contributed by atoms with Crippen LogP contribution in [0.2, 0.25) is 0 Å². The molecule has 0 aliphatic rings. The van der Waals surface area contributed by atoms with E-state index in [-0.39, 0.29) is 11.5 Å². The Hall–Kier alpha value is -3.78. The van der Waals surface area contributed by atoms with Crippen molar-refractivity contribution >= 4 is 22.9 Å². The van der Waals surface area contributed by atoms with Crippen LogP contribution in [0.1, 0.15) is 32.2 Å². The number of aryl methyl sites for hydroxylation is 3. The largest absolute Gasteiger partial charge is 0.281 e. The van der Waals surface area contributed by atoms with Gasteiger partial charge in [-0.3, -0.25) is 20.0 Å². The predicted octanol–water partition coefficient (Wildman–Crippen LogP) is 4.18. The maximum absolute atomic E-state index is 13.3. The van der Waals surface area contributed by atoms with Gasteiger partial charge in [0.15, 0.2) is 0 Å². The number of anilines is 1. The van der Waals surface area contributed by atoms with Crippen molar-refractivity contribution in [2.45, 2.75) is 27.3 Å². The van der Waals surface area contributed by atoms with E-state index in [9.17, 15) is 9.59 Å². The molecular weight excluding hydrogens is 434 g/mol. The van der Waals surface area contributed by atoms with E-state index in [1.807, 2.05) is 79.5 Å². The lowest BCUT2D eigenvalue weighted by molar-refractivity contribution is 0.0951. The molecule has 7 nitrogen and oxygen atoms in total. The van der Waals surface area contributed by atoms with Gasteiger partial charge in [0, 0.05) is 7.05 Å². The fraction of sp³-hybridized carbons (Fsp3) is 0.200. The number of benzene rings is 2. The molecule has 2 aromatic carbocycles. The molecule has 4 aromatic rings. The van der Waals surface area contributed by atoms with E-state index >= 15 is 0 Å². The Balaban J connectivity index is 1.67. The monoisotopic (exact) mass is 459 g/mol. The fourth-order valence-corrected chi connectivity index (χ4v) is 4.61. The van der Waals surface area contributed by atoms with E-state index in [2.05, 4.69) is 15.5 Å². The molecule has 1 amide bonds. The quantitative estimate of drug-likeness (QED) is 0.438. The van der Waals surface area contributed by atoms with Crippen LogP contribution in [0.3, 0.4) is 0 Å². The van der Waals surface area contributed by atoms with Crippen molar-refractivity contribution in [3.05, 3.63) is 98.4 Å². The number of para-hydroxylation sites is 1. The van der Waals surface area contributed by atoms with Gasteiger partial charge in [-0.05, 0) is 44.0 Å². The number of amides is 1. The van der Waals surface area contributed by atoms with Crippen LogP contribution in [0.4, 0.5) is 5.69 Å². The zero-order chi connectivity index (χ0) is 23.5. The summed E-state index contributed by atoms with van der Waals surface area (Å²) in [6.07, 6.45) is 0. The average Bonchev–Trinajstić information content (AvgIpc) is 3.20. The number of nitrogens with zero attached hydrogens (tertiary/aromatic N) is 4. The molecule has 0 atom stereocenters. The molecule has 168 valence electrons. The van der Waals surface area contributed by atoms with Gasteiger partial charge in [-0.2, -0.15) is 5.10 Å². The van der Waals surface area contributed by atoms with E-state index < -0.39 is 0 Å². The summed E-state index contributed by atoms with van der Waals surface area (Å²) in [7, 11) is 1.62. The molecule has 0 aliphatic heterocycles. The third kappa shape index (κ3) is 4.70. The number of thiazole rings is 1. The second kappa shape index (κ2) is 9.38. The van der Waals surface area contributed by atoms with E-state index in [4.69, 9.17) is 0 Å². The van der Waals surface area contributed by atoms with Crippen molar-refractivity contribution in [1.29, 1.82) is 0 Å². The molecule has 0 saturated carbocycles. The first-order chi connectivity index (χ1) is 15.8. The standard InChI is InChI=1S/C25H25N5O2S/c1-16-17(2)27-29(4)25(32)21(16)24-26-18(3)22(33-24)23(31)28-30(20-13-9-6-10-14-20)15-19-11-7-5-8-12-19/h5-14H,15H2,1-4H3,(H,28,31). The molecule has 0 spiro atoms. The maximum atomic E-state index is 13.3. The Morgan fingerprint density at radius 1 is 1.00 bits per heavy atom. The molecule has 33 heavy (non-hydrogen) atoms. The summed E-state index contributed by atoms with van der Waals surface area (Å²) in [6, 6.07) is 19.6. The Morgan fingerprint density at radius 3 is 2.30 bits per heavy atom. The van der Waals surface area contributed by atoms with Crippen molar-refractivity contribution < 1.29 is 4.79 Å². The van der Waals surface area contributed by atoms with Gasteiger partial charge in [0.25, 0.3) is 11.5 Å². The number of aromatic nitrogens is 3. The summed E-state index contributed by atoms with van der Waals surface area (Å²) in [4.78, 5) is 31.1. The van der Waals surface area contributed by atoms with Crippen LogP contribution in [-0.4, -0.2) is 20.7 Å². The lowest BCUT2D eigenvalue weighted by Gasteiger charge is -2.25. The van der Waals surface area contributed by atoms with Gasteiger partial charge in [0.2, 0.25) is 0 Å². The number of nitrogens with one attached hydrogen (secondary N) is 1. The molecule has 0 saturated heterocycles. The molecular formula is C25H25N5O2S. The first-order valence-electron chi connectivity index (χ1n) is 10.5. The van der Waals surface area contributed by atoms with Gasteiger partial charge in [0.1, 0.15) is 9.88 Å². The second-order valence-electron chi connectivity index (χ2n) is 7.80. The smallest absolute Gasteiger partial charge is 0.281 e. The van der Waals surface area contributed by atoms with Gasteiger partial charge < -0.3 is 0 Å². The molecule has 0 radical (unpaired) electrons. The first kappa shape index (κ1) is 22.4. The van der Waals surface area contributed by atoms with Crippen molar-refractivity contribution in [3.8, 4) is 10.6 Å². The fourth-order valence-electron chi connectivity index (χ4n) is 3.56. The lowest BCUT2D eigenvalue weighted by Crippen LogP contribution is -2.41. The number of rotatable bonds is 6. The Kier molecular flexibility index (Phi) is 6.37. The summed E-state index contributed by atoms with van der Waals surface area (Å²) >= 11 is 1.22. The number of hydrazine groups is 1.